The molecular formula is C19H26N6O2. The molecular weight excluding hydrogens is 344 g/mol. The van der Waals surface area contributed by atoms with Crippen LogP contribution in [0.15, 0.2) is 30.5 Å². The van der Waals surface area contributed by atoms with E-state index in [9.17, 15) is 9.59 Å². The van der Waals surface area contributed by atoms with E-state index in [0.717, 1.165) is 32.5 Å². The molecule has 0 radical (unpaired) electrons. The van der Waals surface area contributed by atoms with Crippen LogP contribution in [-0.4, -0.2) is 45.9 Å². The Morgan fingerprint density at radius 2 is 2.04 bits per heavy atom. The van der Waals surface area contributed by atoms with Crippen LogP contribution in [0.1, 0.15) is 47.5 Å². The molecule has 27 heavy (non-hydrogen) atoms. The van der Waals surface area contributed by atoms with Crippen molar-refractivity contribution in [1.82, 2.24) is 25.6 Å². The molecule has 1 fully saturated rings. The molecule has 3 N–H and O–H groups in total. The quantitative estimate of drug-likeness (QED) is 0.718. The third-order valence-corrected chi connectivity index (χ3v) is 4.44. The van der Waals surface area contributed by atoms with Crippen LogP contribution < -0.4 is 16.0 Å². The van der Waals surface area contributed by atoms with E-state index in [2.05, 4.69) is 26.3 Å². The van der Waals surface area contributed by atoms with Crippen molar-refractivity contribution < 1.29 is 9.59 Å². The van der Waals surface area contributed by atoms with Crippen molar-refractivity contribution in [3.05, 3.63) is 41.7 Å². The second kappa shape index (κ2) is 8.77. The van der Waals surface area contributed by atoms with E-state index >= 15 is 0 Å². The molecule has 144 valence electrons. The number of rotatable bonds is 6. The lowest BCUT2D eigenvalue weighted by Crippen LogP contribution is -2.32. The Bertz CT molecular complexity index is 778. The lowest BCUT2D eigenvalue weighted by molar-refractivity contribution is 0.0942. The summed E-state index contributed by atoms with van der Waals surface area (Å²) in [5, 5.41) is 17.0. The molecule has 2 heterocycles. The standard InChI is InChI=1S/C19H26N6O2/c1-13(2)21-18(26)15-5-7-16(8-6-15)22-19(27)17-12-25(24-23-17)11-14-4-3-9-20-10-14/h5-8,12-14,20H,3-4,9-11H2,1-2H3,(H,21,26)(H,22,27). The number of hydrogen-bond donors (Lipinski definition) is 3. The smallest absolute Gasteiger partial charge is 0.277 e. The van der Waals surface area contributed by atoms with Gasteiger partial charge >= 0.3 is 0 Å². The molecule has 3 rings (SSSR count). The number of carbonyl (C=O) groups is 2. The van der Waals surface area contributed by atoms with Crippen molar-refractivity contribution in [1.29, 1.82) is 0 Å². The Kier molecular flexibility index (Phi) is 6.18. The first-order valence-electron chi connectivity index (χ1n) is 9.34. The molecule has 2 amide bonds. The van der Waals surface area contributed by atoms with Gasteiger partial charge in [-0.05, 0) is 70.0 Å². The minimum atomic E-state index is -0.317. The zero-order valence-electron chi connectivity index (χ0n) is 15.7. The average molecular weight is 370 g/mol. The van der Waals surface area contributed by atoms with Gasteiger partial charge in [-0.2, -0.15) is 0 Å². The number of nitrogens with one attached hydrogen (secondary N) is 3. The highest BCUT2D eigenvalue weighted by Gasteiger charge is 2.16. The van der Waals surface area contributed by atoms with Gasteiger partial charge < -0.3 is 16.0 Å². The van der Waals surface area contributed by atoms with Crippen molar-refractivity contribution in [2.75, 3.05) is 18.4 Å². The third-order valence-electron chi connectivity index (χ3n) is 4.44. The van der Waals surface area contributed by atoms with Gasteiger partial charge in [0.15, 0.2) is 5.69 Å². The first-order valence-corrected chi connectivity index (χ1v) is 9.34. The minimum absolute atomic E-state index is 0.0730. The summed E-state index contributed by atoms with van der Waals surface area (Å²) in [6, 6.07) is 6.83. The van der Waals surface area contributed by atoms with Gasteiger partial charge in [-0.15, -0.1) is 5.10 Å². The van der Waals surface area contributed by atoms with E-state index in [1.807, 2.05) is 13.8 Å². The van der Waals surface area contributed by atoms with E-state index in [0.29, 0.717) is 17.2 Å². The summed E-state index contributed by atoms with van der Waals surface area (Å²) in [7, 11) is 0. The lowest BCUT2D eigenvalue weighted by atomic mass is 10.00. The van der Waals surface area contributed by atoms with E-state index in [1.54, 1.807) is 35.1 Å². The van der Waals surface area contributed by atoms with Crippen LogP contribution in [-0.2, 0) is 6.54 Å². The van der Waals surface area contributed by atoms with Gasteiger partial charge in [0, 0.05) is 23.8 Å². The van der Waals surface area contributed by atoms with Gasteiger partial charge in [-0.3, -0.25) is 14.3 Å². The number of benzene rings is 1. The summed E-state index contributed by atoms with van der Waals surface area (Å²) in [6.45, 7) is 6.61. The number of hydrogen-bond acceptors (Lipinski definition) is 5. The number of nitrogens with zero attached hydrogens (tertiary/aromatic N) is 3. The molecule has 1 unspecified atom stereocenters. The van der Waals surface area contributed by atoms with Gasteiger partial charge in [0.2, 0.25) is 0 Å². The molecule has 1 atom stereocenters. The first kappa shape index (κ1) is 19.0. The van der Waals surface area contributed by atoms with Gasteiger partial charge in [-0.1, -0.05) is 5.21 Å². The largest absolute Gasteiger partial charge is 0.350 e. The monoisotopic (exact) mass is 370 g/mol. The second-order valence-electron chi connectivity index (χ2n) is 7.20. The SMILES string of the molecule is CC(C)NC(=O)c1ccc(NC(=O)c2cn(CC3CCCNC3)nn2)cc1. The molecule has 1 aromatic carbocycles. The molecule has 0 bridgehead atoms. The number of anilines is 1. The molecule has 0 aliphatic carbocycles. The normalized spacial score (nSPS) is 16.9. The maximum Gasteiger partial charge on any atom is 0.277 e. The number of amides is 2. The predicted octanol–water partition coefficient (Wildman–Crippen LogP) is 1.67. The van der Waals surface area contributed by atoms with Gasteiger partial charge in [0.05, 0.1) is 6.20 Å². The predicted molar refractivity (Wildman–Crippen MR) is 103 cm³/mol. The second-order valence-corrected chi connectivity index (χ2v) is 7.20. The average Bonchev–Trinajstić information content (AvgIpc) is 3.11. The third kappa shape index (κ3) is 5.37. The van der Waals surface area contributed by atoms with Crippen molar-refractivity contribution in [3.63, 3.8) is 0 Å². The molecule has 1 aromatic heterocycles. The van der Waals surface area contributed by atoms with Crippen LogP contribution in [0, 0.1) is 5.92 Å². The molecule has 0 spiro atoms. The molecule has 1 saturated heterocycles. The van der Waals surface area contributed by atoms with Crippen molar-refractivity contribution >= 4 is 17.5 Å². The zero-order valence-corrected chi connectivity index (χ0v) is 15.7. The van der Waals surface area contributed by atoms with Crippen LogP contribution in [0.5, 0.6) is 0 Å². The van der Waals surface area contributed by atoms with Crippen LogP contribution in [0.4, 0.5) is 5.69 Å². The Hall–Kier alpha value is -2.74. The molecule has 0 saturated carbocycles. The van der Waals surface area contributed by atoms with Crippen LogP contribution in [0.3, 0.4) is 0 Å². The van der Waals surface area contributed by atoms with Gasteiger partial charge in [-0.25, -0.2) is 0 Å². The zero-order chi connectivity index (χ0) is 19.2. The Morgan fingerprint density at radius 3 is 2.70 bits per heavy atom. The fourth-order valence-electron chi connectivity index (χ4n) is 3.08. The molecule has 8 heteroatoms. The van der Waals surface area contributed by atoms with Crippen LogP contribution in [0.25, 0.3) is 0 Å². The minimum Gasteiger partial charge on any atom is -0.350 e. The fourth-order valence-corrected chi connectivity index (χ4v) is 3.08. The number of carbonyl (C=O) groups excluding carboxylic acids is 2. The molecule has 1 aliphatic rings. The van der Waals surface area contributed by atoms with E-state index < -0.39 is 0 Å². The summed E-state index contributed by atoms with van der Waals surface area (Å²) in [5.41, 5.74) is 1.43. The maximum atomic E-state index is 12.4. The highest BCUT2D eigenvalue weighted by molar-refractivity contribution is 6.03. The summed E-state index contributed by atoms with van der Waals surface area (Å²) in [5.74, 6) is 0.0614. The van der Waals surface area contributed by atoms with Crippen LogP contribution in [0.2, 0.25) is 0 Å². The van der Waals surface area contributed by atoms with Crippen LogP contribution >= 0.6 is 0 Å². The topological polar surface area (TPSA) is 101 Å². The van der Waals surface area contributed by atoms with E-state index in [4.69, 9.17) is 0 Å². The Balaban J connectivity index is 1.56. The van der Waals surface area contributed by atoms with Crippen molar-refractivity contribution in [2.24, 2.45) is 5.92 Å². The summed E-state index contributed by atoms with van der Waals surface area (Å²) >= 11 is 0. The highest BCUT2D eigenvalue weighted by atomic mass is 16.2. The van der Waals surface area contributed by atoms with Crippen molar-refractivity contribution in [2.45, 2.75) is 39.3 Å². The first-order chi connectivity index (χ1) is 13.0. The molecule has 8 nitrogen and oxygen atoms in total. The summed E-state index contributed by atoms with van der Waals surface area (Å²) in [4.78, 5) is 24.3. The lowest BCUT2D eigenvalue weighted by Gasteiger charge is -2.22. The van der Waals surface area contributed by atoms with E-state index in [1.165, 1.54) is 0 Å². The Labute approximate surface area is 158 Å². The van der Waals surface area contributed by atoms with Gasteiger partial charge in [0.25, 0.3) is 11.8 Å². The molecule has 1 aliphatic heterocycles. The maximum absolute atomic E-state index is 12.4. The van der Waals surface area contributed by atoms with Crippen molar-refractivity contribution in [3.8, 4) is 0 Å². The summed E-state index contributed by atoms with van der Waals surface area (Å²) < 4.78 is 1.73. The number of piperidine rings is 1. The highest BCUT2D eigenvalue weighted by Crippen LogP contribution is 2.13. The summed E-state index contributed by atoms with van der Waals surface area (Å²) in [6.07, 6.45) is 4.00. The Morgan fingerprint density at radius 1 is 1.26 bits per heavy atom. The van der Waals surface area contributed by atoms with Gasteiger partial charge in [0.1, 0.15) is 0 Å². The molecule has 2 aromatic rings. The number of aromatic nitrogens is 3. The fraction of sp³-hybridized carbons (Fsp3) is 0.474. The van der Waals surface area contributed by atoms with E-state index in [-0.39, 0.29) is 23.6 Å².